The summed E-state index contributed by atoms with van der Waals surface area (Å²) in [5.74, 6) is -0.824. The molecule has 0 radical (unpaired) electrons. The van der Waals surface area contributed by atoms with E-state index in [0.717, 1.165) is 0 Å². The van der Waals surface area contributed by atoms with Gasteiger partial charge in [-0.25, -0.2) is 4.98 Å². The van der Waals surface area contributed by atoms with E-state index in [0.29, 0.717) is 5.69 Å². The minimum Gasteiger partial charge on any atom is -0.466 e. The number of nitrogens with zero attached hydrogens (tertiary/aromatic N) is 1. The Hall–Kier alpha value is -1.06. The molecule has 0 aliphatic heterocycles. The van der Waals surface area contributed by atoms with Gasteiger partial charge in [0.1, 0.15) is 3.70 Å². The summed E-state index contributed by atoms with van der Waals surface area (Å²) in [7, 11) is 0. The summed E-state index contributed by atoms with van der Waals surface area (Å²) in [6.45, 7) is 3.37. The van der Waals surface area contributed by atoms with Crippen LogP contribution in [0.2, 0.25) is 0 Å². The highest BCUT2D eigenvalue weighted by atomic mass is 127. The quantitative estimate of drug-likeness (QED) is 0.452. The van der Waals surface area contributed by atoms with Crippen molar-refractivity contribution in [3.63, 3.8) is 0 Å². The maximum atomic E-state index is 12.2. The molecule has 0 bridgehead atoms. The summed E-state index contributed by atoms with van der Waals surface area (Å²) in [5, 5.41) is 0. The molecule has 0 saturated carbocycles. The summed E-state index contributed by atoms with van der Waals surface area (Å²) in [4.78, 5) is 15.2. The van der Waals surface area contributed by atoms with Gasteiger partial charge in [-0.1, -0.05) is 0 Å². The first-order valence-electron chi connectivity index (χ1n) is 5.30. The van der Waals surface area contributed by atoms with Crippen molar-refractivity contribution in [2.75, 3.05) is 6.61 Å². The van der Waals surface area contributed by atoms with Gasteiger partial charge in [-0.15, -0.1) is 13.2 Å². The third-order valence-electron chi connectivity index (χ3n) is 2.02. The number of carbonyl (C=O) groups excluding carboxylic acids is 1. The second kappa shape index (κ2) is 6.40. The SMILES string of the molecule is CCOC(=O)Cc1cc(C)c(OC(F)(F)F)c(I)n1. The molecule has 0 unspecified atom stereocenters. The average Bonchev–Trinajstić information content (AvgIpc) is 2.22. The number of pyridine rings is 1. The number of ether oxygens (including phenoxy) is 2. The molecule has 8 heteroatoms. The monoisotopic (exact) mass is 389 g/mol. The number of aryl methyl sites for hydroxylation is 1. The normalized spacial score (nSPS) is 11.3. The van der Waals surface area contributed by atoms with Crippen LogP contribution in [0.4, 0.5) is 13.2 Å². The molecule has 106 valence electrons. The molecule has 1 rings (SSSR count). The largest absolute Gasteiger partial charge is 0.573 e. The number of aromatic nitrogens is 1. The van der Waals surface area contributed by atoms with Crippen LogP contribution in [0.3, 0.4) is 0 Å². The first kappa shape index (κ1) is 16.0. The van der Waals surface area contributed by atoms with E-state index in [-0.39, 0.29) is 28.0 Å². The zero-order chi connectivity index (χ0) is 14.6. The summed E-state index contributed by atoms with van der Waals surface area (Å²) in [5.41, 5.74) is 0.603. The lowest BCUT2D eigenvalue weighted by Gasteiger charge is -2.13. The van der Waals surface area contributed by atoms with E-state index in [2.05, 4.69) is 9.72 Å². The molecule has 0 saturated heterocycles. The highest BCUT2D eigenvalue weighted by Gasteiger charge is 2.33. The molecule has 1 aromatic heterocycles. The summed E-state index contributed by atoms with van der Waals surface area (Å²) >= 11 is 1.63. The molecular weight excluding hydrogens is 378 g/mol. The van der Waals surface area contributed by atoms with Crippen LogP contribution < -0.4 is 4.74 Å². The summed E-state index contributed by atoms with van der Waals surface area (Å²) < 4.78 is 45.2. The predicted octanol–water partition coefficient (Wildman–Crippen LogP) is 3.00. The van der Waals surface area contributed by atoms with E-state index in [1.807, 2.05) is 0 Å². The fourth-order valence-electron chi connectivity index (χ4n) is 1.38. The molecule has 0 atom stereocenters. The number of esters is 1. The Morgan fingerprint density at radius 1 is 1.47 bits per heavy atom. The van der Waals surface area contributed by atoms with E-state index < -0.39 is 12.3 Å². The molecule has 4 nitrogen and oxygen atoms in total. The minimum atomic E-state index is -4.77. The zero-order valence-corrected chi connectivity index (χ0v) is 12.3. The van der Waals surface area contributed by atoms with Crippen molar-refractivity contribution in [2.24, 2.45) is 0 Å². The molecule has 0 N–H and O–H groups in total. The van der Waals surface area contributed by atoms with Gasteiger partial charge in [0.2, 0.25) is 0 Å². The number of hydrogen-bond donors (Lipinski definition) is 0. The first-order valence-corrected chi connectivity index (χ1v) is 6.38. The van der Waals surface area contributed by atoms with Gasteiger partial charge >= 0.3 is 12.3 Å². The minimum absolute atomic E-state index is 0.0502. The third-order valence-corrected chi connectivity index (χ3v) is 2.75. The Labute approximate surface area is 121 Å². The van der Waals surface area contributed by atoms with Crippen LogP contribution >= 0.6 is 22.6 Å². The van der Waals surface area contributed by atoms with Gasteiger partial charge in [-0.3, -0.25) is 4.79 Å². The van der Waals surface area contributed by atoms with Crippen LogP contribution in [-0.2, 0) is 16.0 Å². The predicted molar refractivity (Wildman–Crippen MR) is 68.7 cm³/mol. The fraction of sp³-hybridized carbons (Fsp3) is 0.455. The highest BCUT2D eigenvalue weighted by molar-refractivity contribution is 14.1. The summed E-state index contributed by atoms with van der Waals surface area (Å²) in [6.07, 6.45) is -4.86. The first-order chi connectivity index (χ1) is 8.73. The Morgan fingerprint density at radius 3 is 2.58 bits per heavy atom. The lowest BCUT2D eigenvalue weighted by atomic mass is 10.2. The van der Waals surface area contributed by atoms with Crippen molar-refractivity contribution in [3.8, 4) is 5.75 Å². The second-order valence-corrected chi connectivity index (χ2v) is 4.60. The lowest BCUT2D eigenvalue weighted by Crippen LogP contribution is -2.19. The third kappa shape index (κ3) is 5.21. The van der Waals surface area contributed by atoms with E-state index in [9.17, 15) is 18.0 Å². The number of alkyl halides is 3. The maximum absolute atomic E-state index is 12.2. The van der Waals surface area contributed by atoms with Crippen molar-refractivity contribution in [3.05, 3.63) is 21.0 Å². The molecule has 19 heavy (non-hydrogen) atoms. The molecule has 0 aliphatic carbocycles. The van der Waals surface area contributed by atoms with Crippen LogP contribution in [0.1, 0.15) is 18.2 Å². The van der Waals surface area contributed by atoms with Gasteiger partial charge in [0.15, 0.2) is 5.75 Å². The van der Waals surface area contributed by atoms with Crippen LogP contribution in [0.15, 0.2) is 6.07 Å². The summed E-state index contributed by atoms with van der Waals surface area (Å²) in [6, 6.07) is 1.38. The maximum Gasteiger partial charge on any atom is 0.573 e. The average molecular weight is 389 g/mol. The number of rotatable bonds is 4. The van der Waals surface area contributed by atoms with Gasteiger partial charge < -0.3 is 9.47 Å². The lowest BCUT2D eigenvalue weighted by molar-refractivity contribution is -0.275. The van der Waals surface area contributed by atoms with Gasteiger partial charge in [-0.05, 0) is 48.1 Å². The molecule has 0 amide bonds. The zero-order valence-electron chi connectivity index (χ0n) is 10.2. The van der Waals surface area contributed by atoms with E-state index in [1.54, 1.807) is 29.5 Å². The van der Waals surface area contributed by atoms with E-state index in [1.165, 1.54) is 13.0 Å². The molecule has 0 spiro atoms. The smallest absolute Gasteiger partial charge is 0.466 e. The molecule has 1 aromatic rings. The number of carbonyl (C=O) groups is 1. The van der Waals surface area contributed by atoms with Gasteiger partial charge in [0.05, 0.1) is 18.7 Å². The van der Waals surface area contributed by atoms with Crippen molar-refractivity contribution in [1.82, 2.24) is 4.98 Å². The molecule has 0 aromatic carbocycles. The van der Waals surface area contributed by atoms with Crippen LogP contribution in [-0.4, -0.2) is 23.9 Å². The van der Waals surface area contributed by atoms with Crippen molar-refractivity contribution in [1.29, 1.82) is 0 Å². The Balaban J connectivity index is 2.94. The van der Waals surface area contributed by atoms with Crippen LogP contribution in [0, 0.1) is 10.6 Å². The van der Waals surface area contributed by atoms with E-state index in [4.69, 9.17) is 4.74 Å². The van der Waals surface area contributed by atoms with E-state index >= 15 is 0 Å². The Bertz CT molecular complexity index is 454. The Morgan fingerprint density at radius 2 is 2.11 bits per heavy atom. The van der Waals surface area contributed by atoms with Crippen molar-refractivity contribution >= 4 is 28.6 Å². The second-order valence-electron chi connectivity index (χ2n) is 3.58. The van der Waals surface area contributed by atoms with Gasteiger partial charge in [0, 0.05) is 0 Å². The van der Waals surface area contributed by atoms with Gasteiger partial charge in [-0.2, -0.15) is 0 Å². The highest BCUT2D eigenvalue weighted by Crippen LogP contribution is 2.30. The van der Waals surface area contributed by atoms with Crippen molar-refractivity contribution in [2.45, 2.75) is 26.6 Å². The van der Waals surface area contributed by atoms with Crippen LogP contribution in [0.5, 0.6) is 5.75 Å². The van der Waals surface area contributed by atoms with Gasteiger partial charge in [0.25, 0.3) is 0 Å². The molecule has 0 aliphatic rings. The molecular formula is C11H11F3INO3. The number of hydrogen-bond acceptors (Lipinski definition) is 4. The number of halogens is 4. The standard InChI is InChI=1S/C11H11F3INO3/c1-3-18-8(17)5-7-4-6(2)9(10(15)16-7)19-11(12,13)14/h4H,3,5H2,1-2H3. The van der Waals surface area contributed by atoms with Crippen molar-refractivity contribution < 1.29 is 27.4 Å². The molecule has 1 heterocycles. The molecule has 0 fully saturated rings. The van der Waals surface area contributed by atoms with Crippen LogP contribution in [0.25, 0.3) is 0 Å². The Kier molecular flexibility index (Phi) is 5.39. The topological polar surface area (TPSA) is 48.4 Å². The fourth-order valence-corrected chi connectivity index (χ4v) is 2.22.